The van der Waals surface area contributed by atoms with Crippen LogP contribution in [0.4, 0.5) is 5.69 Å². The van der Waals surface area contributed by atoms with Crippen molar-refractivity contribution in [3.8, 4) is 5.75 Å². The molecule has 0 spiro atoms. The van der Waals surface area contributed by atoms with E-state index in [9.17, 15) is 4.79 Å². The Morgan fingerprint density at radius 3 is 2.82 bits per heavy atom. The molecule has 0 radical (unpaired) electrons. The third kappa shape index (κ3) is 7.72. The average molecular weight is 573 g/mol. The fourth-order valence-corrected chi connectivity index (χ4v) is 6.48. The number of ether oxygens (including phenoxy) is 3. The summed E-state index contributed by atoms with van der Waals surface area (Å²) < 4.78 is 20.3. The first-order valence-electron chi connectivity index (χ1n) is 13.9. The van der Waals surface area contributed by atoms with Crippen molar-refractivity contribution in [2.45, 2.75) is 55.9 Å². The van der Waals surface area contributed by atoms with E-state index in [1.807, 2.05) is 25.3 Å². The Kier molecular flexibility index (Phi) is 11.4. The van der Waals surface area contributed by atoms with Gasteiger partial charge in [-0.2, -0.15) is 0 Å². The number of amides is 1. The third-order valence-electron chi connectivity index (χ3n) is 7.88. The fraction of sp³-hybridized carbons (Fsp3) is 0.516. The Balaban J connectivity index is 1.60. The van der Waals surface area contributed by atoms with E-state index in [0.29, 0.717) is 24.9 Å². The smallest absolute Gasteiger partial charge is 0.217 e. The summed E-state index contributed by atoms with van der Waals surface area (Å²) in [5.41, 5.74) is 3.70. The Morgan fingerprint density at radius 1 is 1.23 bits per heavy atom. The van der Waals surface area contributed by atoms with Gasteiger partial charge >= 0.3 is 0 Å². The SMILES string of the molecule is CCCc1cc(Cl)ccc1C1COc2ccc(SNC=O)cc2N(CC2CCC2C(/C=C/CCOC)OC)C1. The summed E-state index contributed by atoms with van der Waals surface area (Å²) in [6.45, 7) is 5.31. The molecule has 1 saturated carbocycles. The highest BCUT2D eigenvalue weighted by Crippen LogP contribution is 2.43. The van der Waals surface area contributed by atoms with Crippen LogP contribution in [0.1, 0.15) is 49.7 Å². The van der Waals surface area contributed by atoms with Gasteiger partial charge in [-0.3, -0.25) is 9.52 Å². The van der Waals surface area contributed by atoms with Gasteiger partial charge in [0.15, 0.2) is 0 Å². The molecule has 6 nitrogen and oxygen atoms in total. The number of fused-ring (bicyclic) bond motifs is 1. The summed E-state index contributed by atoms with van der Waals surface area (Å²) in [5, 5.41) is 0.780. The van der Waals surface area contributed by atoms with Crippen LogP contribution in [0.15, 0.2) is 53.4 Å². The van der Waals surface area contributed by atoms with Gasteiger partial charge in [-0.1, -0.05) is 43.2 Å². The lowest BCUT2D eigenvalue weighted by molar-refractivity contribution is -0.107. The van der Waals surface area contributed by atoms with E-state index < -0.39 is 0 Å². The summed E-state index contributed by atoms with van der Waals surface area (Å²) in [4.78, 5) is 14.4. The van der Waals surface area contributed by atoms with E-state index in [2.05, 4.69) is 46.9 Å². The first-order chi connectivity index (χ1) is 19.1. The van der Waals surface area contributed by atoms with Gasteiger partial charge in [-0.05, 0) is 90.9 Å². The number of methoxy groups -OCH3 is 2. The first-order valence-corrected chi connectivity index (χ1v) is 15.1. The van der Waals surface area contributed by atoms with E-state index in [1.165, 1.54) is 29.5 Å². The van der Waals surface area contributed by atoms with Crippen LogP contribution in [-0.4, -0.2) is 53.0 Å². The van der Waals surface area contributed by atoms with Gasteiger partial charge < -0.3 is 19.1 Å². The normalized spacial score (nSPS) is 21.5. The molecule has 2 aromatic rings. The molecule has 212 valence electrons. The maximum absolute atomic E-state index is 10.9. The standard InChI is InChI=1S/C31H41ClN2O4S/c1-4-7-22-16-25(32)10-13-27(22)24-19-34(29-17-26(39-33-21-35)11-14-31(29)38-20-24)18-23-9-12-28(23)30(37-3)8-5-6-15-36-2/h5,8,10-11,13-14,16-17,21,23-24,28,30H,4,6-7,9,12,15,18-20H2,1-3H3,(H,33,35)/b8-5+. The van der Waals surface area contributed by atoms with E-state index in [0.717, 1.165) is 66.7 Å². The van der Waals surface area contributed by atoms with E-state index in [-0.39, 0.29) is 12.0 Å². The van der Waals surface area contributed by atoms with Crippen LogP contribution in [0.3, 0.4) is 0 Å². The molecular formula is C31H41ClN2O4S. The van der Waals surface area contributed by atoms with Crippen LogP contribution >= 0.6 is 23.5 Å². The number of aryl methyl sites for hydroxylation is 1. The third-order valence-corrected chi connectivity index (χ3v) is 8.82. The van der Waals surface area contributed by atoms with Gasteiger partial charge in [0.2, 0.25) is 6.41 Å². The fourth-order valence-electron chi connectivity index (χ4n) is 5.80. The van der Waals surface area contributed by atoms with Gasteiger partial charge in [0.05, 0.1) is 18.4 Å². The summed E-state index contributed by atoms with van der Waals surface area (Å²) >= 11 is 7.71. The summed E-state index contributed by atoms with van der Waals surface area (Å²) in [6.07, 6.45) is 10.5. The van der Waals surface area contributed by atoms with Crippen molar-refractivity contribution < 1.29 is 19.0 Å². The Morgan fingerprint density at radius 2 is 2.10 bits per heavy atom. The van der Waals surface area contributed by atoms with Gasteiger partial charge in [0.25, 0.3) is 0 Å². The van der Waals surface area contributed by atoms with Crippen molar-refractivity contribution in [1.82, 2.24) is 4.72 Å². The highest BCUT2D eigenvalue weighted by molar-refractivity contribution is 7.97. The van der Waals surface area contributed by atoms with Gasteiger partial charge in [0, 0.05) is 49.8 Å². The number of benzene rings is 2. The molecule has 1 fully saturated rings. The number of anilines is 1. The van der Waals surface area contributed by atoms with Crippen molar-refractivity contribution in [3.05, 3.63) is 64.7 Å². The van der Waals surface area contributed by atoms with Crippen LogP contribution in [0.2, 0.25) is 5.02 Å². The minimum atomic E-state index is 0.102. The van der Waals surface area contributed by atoms with Crippen LogP contribution < -0.4 is 14.4 Å². The van der Waals surface area contributed by atoms with Gasteiger partial charge in [0.1, 0.15) is 5.75 Å². The molecule has 0 bridgehead atoms. The molecule has 2 aliphatic rings. The molecule has 8 heteroatoms. The topological polar surface area (TPSA) is 60.0 Å². The Hall–Kier alpha value is -2.19. The largest absolute Gasteiger partial charge is 0.491 e. The lowest BCUT2D eigenvalue weighted by atomic mass is 9.70. The molecule has 1 aliphatic heterocycles. The number of hydrogen-bond donors (Lipinski definition) is 1. The van der Waals surface area contributed by atoms with E-state index in [4.69, 9.17) is 25.8 Å². The van der Waals surface area contributed by atoms with Crippen LogP contribution in [0.5, 0.6) is 5.75 Å². The second-order valence-corrected chi connectivity index (χ2v) is 11.7. The number of hydrogen-bond acceptors (Lipinski definition) is 6. The van der Waals surface area contributed by atoms with Crippen LogP contribution in [0.25, 0.3) is 0 Å². The summed E-state index contributed by atoms with van der Waals surface area (Å²) in [7, 11) is 3.54. The zero-order valence-electron chi connectivity index (χ0n) is 23.2. The Bertz CT molecular complexity index is 1110. The van der Waals surface area contributed by atoms with Crippen molar-refractivity contribution in [2.24, 2.45) is 11.8 Å². The highest BCUT2D eigenvalue weighted by atomic mass is 35.5. The second-order valence-electron chi connectivity index (χ2n) is 10.4. The highest BCUT2D eigenvalue weighted by Gasteiger charge is 2.38. The zero-order chi connectivity index (χ0) is 27.6. The number of nitrogens with one attached hydrogen (secondary N) is 1. The number of halogens is 1. The molecule has 0 saturated heterocycles. The molecule has 39 heavy (non-hydrogen) atoms. The summed E-state index contributed by atoms with van der Waals surface area (Å²) in [6, 6.07) is 12.5. The lowest BCUT2D eigenvalue weighted by Crippen LogP contribution is -2.44. The summed E-state index contributed by atoms with van der Waals surface area (Å²) in [5.74, 6) is 2.09. The van der Waals surface area contributed by atoms with Gasteiger partial charge in [-0.25, -0.2) is 0 Å². The number of carbonyl (C=O) groups excluding carboxylic acids is 1. The average Bonchev–Trinajstić information content (AvgIpc) is 3.11. The Labute approximate surface area is 242 Å². The molecule has 1 aliphatic carbocycles. The van der Waals surface area contributed by atoms with E-state index >= 15 is 0 Å². The minimum absolute atomic E-state index is 0.102. The van der Waals surface area contributed by atoms with Crippen LogP contribution in [-0.2, 0) is 20.7 Å². The molecule has 1 heterocycles. The molecule has 1 N–H and O–H groups in total. The van der Waals surface area contributed by atoms with Crippen LogP contribution in [0, 0.1) is 11.8 Å². The van der Waals surface area contributed by atoms with Crippen molar-refractivity contribution in [1.29, 1.82) is 0 Å². The maximum atomic E-state index is 10.9. The van der Waals surface area contributed by atoms with Crippen molar-refractivity contribution >= 4 is 35.6 Å². The zero-order valence-corrected chi connectivity index (χ0v) is 24.8. The molecule has 2 aromatic carbocycles. The predicted molar refractivity (Wildman–Crippen MR) is 160 cm³/mol. The quantitative estimate of drug-likeness (QED) is 0.118. The monoisotopic (exact) mass is 572 g/mol. The van der Waals surface area contributed by atoms with Gasteiger partial charge in [-0.15, -0.1) is 0 Å². The number of rotatable bonds is 14. The number of nitrogens with zero attached hydrogens (tertiary/aromatic N) is 1. The van der Waals surface area contributed by atoms with E-state index in [1.54, 1.807) is 7.11 Å². The number of carbonyl (C=O) groups is 1. The molecular weight excluding hydrogens is 532 g/mol. The second kappa shape index (κ2) is 15.0. The maximum Gasteiger partial charge on any atom is 0.217 e. The molecule has 4 atom stereocenters. The molecule has 1 amide bonds. The molecule has 0 aromatic heterocycles. The predicted octanol–water partition coefficient (Wildman–Crippen LogP) is 6.66. The van der Waals surface area contributed by atoms with Crippen molar-refractivity contribution in [3.63, 3.8) is 0 Å². The van der Waals surface area contributed by atoms with Crippen molar-refractivity contribution in [2.75, 3.05) is 45.4 Å². The molecule has 4 rings (SSSR count). The molecule has 4 unspecified atom stereocenters. The first kappa shape index (κ1) is 29.8. The minimum Gasteiger partial charge on any atom is -0.491 e. The lowest BCUT2D eigenvalue weighted by Gasteiger charge is -2.43.